The number of ether oxygens (including phenoxy) is 2. The van der Waals surface area contributed by atoms with Gasteiger partial charge < -0.3 is 9.47 Å². The molecule has 0 aromatic carbocycles. The standard InChI is InChI=1S/C14H22O2/c1-2-12-8-16-13(12)9-15-10-14-5-3-11(7-14)4-6-14/h3,5,11-13H,2,4,6-10H2,1H3. The third-order valence-corrected chi connectivity index (χ3v) is 4.65. The van der Waals surface area contributed by atoms with Crippen molar-refractivity contribution in [1.82, 2.24) is 0 Å². The fraction of sp³-hybridized carbons (Fsp3) is 0.857. The van der Waals surface area contributed by atoms with Gasteiger partial charge in [-0.15, -0.1) is 0 Å². The van der Waals surface area contributed by atoms with Gasteiger partial charge in [-0.05, 0) is 31.6 Å². The minimum Gasteiger partial charge on any atom is -0.378 e. The molecule has 0 radical (unpaired) electrons. The van der Waals surface area contributed by atoms with Crippen LogP contribution in [0.3, 0.4) is 0 Å². The third-order valence-electron chi connectivity index (χ3n) is 4.65. The topological polar surface area (TPSA) is 18.5 Å². The molecule has 1 saturated heterocycles. The molecule has 0 N–H and O–H groups in total. The Hall–Kier alpha value is -0.340. The Bertz CT molecular complexity index is 284. The first-order valence-corrected chi connectivity index (χ1v) is 6.70. The van der Waals surface area contributed by atoms with Crippen molar-refractivity contribution in [3.63, 3.8) is 0 Å². The van der Waals surface area contributed by atoms with Crippen LogP contribution in [-0.2, 0) is 9.47 Å². The molecule has 4 atom stereocenters. The summed E-state index contributed by atoms with van der Waals surface area (Å²) in [6.07, 6.45) is 10.4. The van der Waals surface area contributed by atoms with E-state index in [9.17, 15) is 0 Å². The van der Waals surface area contributed by atoms with E-state index >= 15 is 0 Å². The Morgan fingerprint density at radius 1 is 1.50 bits per heavy atom. The van der Waals surface area contributed by atoms with Crippen LogP contribution in [0.15, 0.2) is 12.2 Å². The van der Waals surface area contributed by atoms with Gasteiger partial charge in [0.2, 0.25) is 0 Å². The third kappa shape index (κ3) is 1.82. The lowest BCUT2D eigenvalue weighted by molar-refractivity contribution is -0.151. The van der Waals surface area contributed by atoms with Crippen LogP contribution in [0.25, 0.3) is 0 Å². The number of rotatable bonds is 5. The Morgan fingerprint density at radius 2 is 2.44 bits per heavy atom. The lowest BCUT2D eigenvalue weighted by Gasteiger charge is -2.36. The zero-order valence-corrected chi connectivity index (χ0v) is 10.2. The molecule has 2 bridgehead atoms. The van der Waals surface area contributed by atoms with Gasteiger partial charge in [0.05, 0.1) is 25.9 Å². The van der Waals surface area contributed by atoms with E-state index in [1.54, 1.807) is 0 Å². The predicted molar refractivity (Wildman–Crippen MR) is 63.3 cm³/mol. The molecule has 4 unspecified atom stereocenters. The molecule has 1 heterocycles. The normalized spacial score (nSPS) is 44.9. The second-order valence-corrected chi connectivity index (χ2v) is 5.78. The maximum absolute atomic E-state index is 5.90. The maximum atomic E-state index is 5.90. The summed E-state index contributed by atoms with van der Waals surface area (Å²) in [4.78, 5) is 0. The lowest BCUT2D eigenvalue weighted by atomic mass is 9.89. The summed E-state index contributed by atoms with van der Waals surface area (Å²) in [5.74, 6) is 1.60. The average Bonchev–Trinajstić information content (AvgIpc) is 2.84. The van der Waals surface area contributed by atoms with Crippen molar-refractivity contribution < 1.29 is 9.47 Å². The Labute approximate surface area is 98.0 Å². The lowest BCUT2D eigenvalue weighted by Crippen LogP contribution is -2.43. The number of allylic oxidation sites excluding steroid dienone is 1. The Morgan fingerprint density at radius 3 is 2.94 bits per heavy atom. The molecule has 2 aliphatic carbocycles. The molecular formula is C14H22O2. The van der Waals surface area contributed by atoms with Crippen LogP contribution in [0.4, 0.5) is 0 Å². The molecule has 3 rings (SSSR count). The van der Waals surface area contributed by atoms with E-state index in [4.69, 9.17) is 9.47 Å². The first-order valence-electron chi connectivity index (χ1n) is 6.70. The summed E-state index contributed by atoms with van der Waals surface area (Å²) in [5.41, 5.74) is 0.399. The van der Waals surface area contributed by atoms with Gasteiger partial charge >= 0.3 is 0 Å². The van der Waals surface area contributed by atoms with Crippen molar-refractivity contribution in [3.05, 3.63) is 12.2 Å². The molecular weight excluding hydrogens is 200 g/mol. The summed E-state index contributed by atoms with van der Waals surface area (Å²) in [6, 6.07) is 0. The quantitative estimate of drug-likeness (QED) is 0.666. The Balaban J connectivity index is 1.42. The monoisotopic (exact) mass is 222 g/mol. The van der Waals surface area contributed by atoms with Crippen molar-refractivity contribution in [2.75, 3.05) is 19.8 Å². The molecule has 16 heavy (non-hydrogen) atoms. The summed E-state index contributed by atoms with van der Waals surface area (Å²) in [7, 11) is 0. The zero-order chi connectivity index (χ0) is 11.0. The van der Waals surface area contributed by atoms with Gasteiger partial charge in [-0.1, -0.05) is 19.1 Å². The number of hydrogen-bond acceptors (Lipinski definition) is 2. The molecule has 0 spiro atoms. The van der Waals surface area contributed by atoms with E-state index in [1.807, 2.05) is 0 Å². The molecule has 1 saturated carbocycles. The van der Waals surface area contributed by atoms with Crippen LogP contribution in [0.2, 0.25) is 0 Å². The van der Waals surface area contributed by atoms with Crippen LogP contribution in [0.5, 0.6) is 0 Å². The van der Waals surface area contributed by atoms with Crippen LogP contribution in [-0.4, -0.2) is 25.9 Å². The van der Waals surface area contributed by atoms with E-state index in [2.05, 4.69) is 19.1 Å². The highest BCUT2D eigenvalue weighted by atomic mass is 16.5. The molecule has 3 aliphatic rings. The number of fused-ring (bicyclic) bond motifs is 2. The van der Waals surface area contributed by atoms with Crippen molar-refractivity contribution in [2.24, 2.45) is 17.3 Å². The van der Waals surface area contributed by atoms with Gasteiger partial charge in [0.15, 0.2) is 0 Å². The molecule has 2 fully saturated rings. The maximum Gasteiger partial charge on any atom is 0.0858 e. The Kier molecular flexibility index (Phi) is 2.80. The van der Waals surface area contributed by atoms with Crippen molar-refractivity contribution in [1.29, 1.82) is 0 Å². The summed E-state index contributed by atoms with van der Waals surface area (Å²) in [6.45, 7) is 4.90. The summed E-state index contributed by atoms with van der Waals surface area (Å²) in [5, 5.41) is 0. The first-order chi connectivity index (χ1) is 7.81. The van der Waals surface area contributed by atoms with Gasteiger partial charge in [0, 0.05) is 11.3 Å². The second kappa shape index (κ2) is 4.15. The van der Waals surface area contributed by atoms with Crippen LogP contribution >= 0.6 is 0 Å². The van der Waals surface area contributed by atoms with Crippen molar-refractivity contribution in [2.45, 2.75) is 38.7 Å². The van der Waals surface area contributed by atoms with Crippen LogP contribution < -0.4 is 0 Å². The van der Waals surface area contributed by atoms with Crippen molar-refractivity contribution in [3.8, 4) is 0 Å². The highest BCUT2D eigenvalue weighted by Gasteiger charge is 2.41. The highest BCUT2D eigenvalue weighted by Crippen LogP contribution is 2.49. The first kappa shape index (κ1) is 10.8. The predicted octanol–water partition coefficient (Wildman–Crippen LogP) is 2.78. The van der Waals surface area contributed by atoms with E-state index in [0.29, 0.717) is 11.5 Å². The molecule has 0 aromatic rings. The van der Waals surface area contributed by atoms with Crippen LogP contribution in [0, 0.1) is 17.3 Å². The van der Waals surface area contributed by atoms with Gasteiger partial charge in [0.25, 0.3) is 0 Å². The largest absolute Gasteiger partial charge is 0.378 e. The van der Waals surface area contributed by atoms with Crippen LogP contribution in [0.1, 0.15) is 32.6 Å². The van der Waals surface area contributed by atoms with Gasteiger partial charge in [-0.2, -0.15) is 0 Å². The smallest absolute Gasteiger partial charge is 0.0858 e. The van der Waals surface area contributed by atoms with E-state index in [-0.39, 0.29) is 0 Å². The van der Waals surface area contributed by atoms with Gasteiger partial charge in [-0.25, -0.2) is 0 Å². The van der Waals surface area contributed by atoms with E-state index in [0.717, 1.165) is 31.7 Å². The molecule has 1 aliphatic heterocycles. The SMILES string of the molecule is CCC1COC1COCC12C=CC(CC1)C2. The molecule has 0 amide bonds. The highest BCUT2D eigenvalue weighted by molar-refractivity contribution is 5.15. The van der Waals surface area contributed by atoms with Gasteiger partial charge in [0.1, 0.15) is 0 Å². The second-order valence-electron chi connectivity index (χ2n) is 5.78. The van der Waals surface area contributed by atoms with E-state index < -0.39 is 0 Å². The zero-order valence-electron chi connectivity index (χ0n) is 10.2. The number of hydrogen-bond donors (Lipinski definition) is 0. The van der Waals surface area contributed by atoms with Gasteiger partial charge in [-0.3, -0.25) is 0 Å². The fourth-order valence-corrected chi connectivity index (χ4v) is 3.35. The molecule has 90 valence electrons. The minimum atomic E-state index is 0.379. The van der Waals surface area contributed by atoms with E-state index in [1.165, 1.54) is 25.7 Å². The van der Waals surface area contributed by atoms with Crippen molar-refractivity contribution >= 4 is 0 Å². The summed E-state index contributed by atoms with van der Waals surface area (Å²) < 4.78 is 11.4. The minimum absolute atomic E-state index is 0.379. The molecule has 2 nitrogen and oxygen atoms in total. The molecule has 2 heteroatoms. The molecule has 0 aromatic heterocycles. The summed E-state index contributed by atoms with van der Waals surface area (Å²) >= 11 is 0. The fourth-order valence-electron chi connectivity index (χ4n) is 3.35. The average molecular weight is 222 g/mol.